The predicted molar refractivity (Wildman–Crippen MR) is 66.3 cm³/mol. The molecule has 0 saturated carbocycles. The average Bonchev–Trinajstić information content (AvgIpc) is 2.34. The molecule has 0 aliphatic heterocycles. The Hall–Kier alpha value is -1.43. The van der Waals surface area contributed by atoms with Crippen LogP contribution in [-0.2, 0) is 0 Å². The Bertz CT molecular complexity index is 396. The summed E-state index contributed by atoms with van der Waals surface area (Å²) in [4.78, 5) is 0. The highest BCUT2D eigenvalue weighted by Gasteiger charge is 2.45. The van der Waals surface area contributed by atoms with Crippen molar-refractivity contribution in [1.29, 1.82) is 0 Å². The van der Waals surface area contributed by atoms with Crippen LogP contribution in [0.1, 0.15) is 20.3 Å². The lowest BCUT2D eigenvalue weighted by Gasteiger charge is -2.26. The molecule has 2 unspecified atom stereocenters. The van der Waals surface area contributed by atoms with Crippen molar-refractivity contribution in [1.82, 2.24) is 0 Å². The number of halogens is 3. The Morgan fingerprint density at radius 1 is 1.21 bits per heavy atom. The first-order valence-electron chi connectivity index (χ1n) is 6.10. The van der Waals surface area contributed by atoms with Gasteiger partial charge in [0.1, 0.15) is 11.5 Å². The number of alkyl halides is 3. The number of benzene rings is 1. The quantitative estimate of drug-likeness (QED) is 0.868. The highest BCUT2D eigenvalue weighted by atomic mass is 19.4. The molecule has 0 fully saturated rings. The summed E-state index contributed by atoms with van der Waals surface area (Å²) in [6.07, 6.45) is -6.35. The van der Waals surface area contributed by atoms with Crippen molar-refractivity contribution in [2.75, 3.05) is 6.61 Å². The summed E-state index contributed by atoms with van der Waals surface area (Å²) >= 11 is 0. The van der Waals surface area contributed by atoms with E-state index < -0.39 is 18.3 Å². The number of ether oxygens (including phenoxy) is 2. The van der Waals surface area contributed by atoms with E-state index in [0.717, 1.165) is 0 Å². The van der Waals surface area contributed by atoms with E-state index in [2.05, 4.69) is 0 Å². The summed E-state index contributed by atoms with van der Waals surface area (Å²) in [6.45, 7) is 3.81. The summed E-state index contributed by atoms with van der Waals surface area (Å²) in [5.74, 6) is 0.558. The molecule has 19 heavy (non-hydrogen) atoms. The maximum absolute atomic E-state index is 12.9. The lowest BCUT2D eigenvalue weighted by atomic mass is 10.1. The van der Waals surface area contributed by atoms with Gasteiger partial charge in [-0.25, -0.2) is 0 Å². The first-order chi connectivity index (χ1) is 8.88. The Morgan fingerprint density at radius 3 is 2.37 bits per heavy atom. The molecule has 0 bridgehead atoms. The fourth-order valence-corrected chi connectivity index (χ4v) is 1.56. The second-order valence-electron chi connectivity index (χ2n) is 4.06. The predicted octanol–water partition coefficient (Wildman–Crippen LogP) is 3.13. The zero-order chi connectivity index (χ0) is 14.5. The highest BCUT2D eigenvalue weighted by molar-refractivity contribution is 5.33. The smallest absolute Gasteiger partial charge is 0.426 e. The third-order valence-electron chi connectivity index (χ3n) is 2.56. The normalized spacial score (nSPS) is 14.8. The lowest BCUT2D eigenvalue weighted by Crippen LogP contribution is -2.48. The van der Waals surface area contributed by atoms with E-state index in [-0.39, 0.29) is 12.2 Å². The van der Waals surface area contributed by atoms with E-state index >= 15 is 0 Å². The lowest BCUT2D eigenvalue weighted by molar-refractivity contribution is -0.200. The number of rotatable bonds is 6. The first kappa shape index (κ1) is 15.6. The van der Waals surface area contributed by atoms with Crippen molar-refractivity contribution in [3.05, 3.63) is 24.3 Å². The standard InChI is InChI=1S/C13H18F3NO2/c1-3-11(17)12(13(14,15)16)19-10-7-5-6-9(8-10)18-4-2/h5-8,11-12H,3-4,17H2,1-2H3. The zero-order valence-corrected chi connectivity index (χ0v) is 10.9. The summed E-state index contributed by atoms with van der Waals surface area (Å²) in [5.41, 5.74) is 5.47. The van der Waals surface area contributed by atoms with Gasteiger partial charge in [-0.15, -0.1) is 0 Å². The minimum absolute atomic E-state index is 0.0946. The van der Waals surface area contributed by atoms with Gasteiger partial charge in [-0.2, -0.15) is 13.2 Å². The largest absolute Gasteiger partial charge is 0.494 e. The van der Waals surface area contributed by atoms with E-state index in [9.17, 15) is 13.2 Å². The van der Waals surface area contributed by atoms with Crippen LogP contribution in [0, 0.1) is 0 Å². The van der Waals surface area contributed by atoms with Gasteiger partial charge in [0.15, 0.2) is 0 Å². The summed E-state index contributed by atoms with van der Waals surface area (Å²) < 4.78 is 48.8. The molecular formula is C13H18F3NO2. The van der Waals surface area contributed by atoms with Crippen molar-refractivity contribution < 1.29 is 22.6 Å². The van der Waals surface area contributed by atoms with Crippen LogP contribution >= 0.6 is 0 Å². The van der Waals surface area contributed by atoms with Gasteiger partial charge in [0.25, 0.3) is 0 Å². The molecule has 0 aliphatic carbocycles. The van der Waals surface area contributed by atoms with Crippen LogP contribution in [0.15, 0.2) is 24.3 Å². The molecule has 1 rings (SSSR count). The van der Waals surface area contributed by atoms with Crippen molar-refractivity contribution in [2.24, 2.45) is 5.73 Å². The van der Waals surface area contributed by atoms with Gasteiger partial charge in [0.05, 0.1) is 12.6 Å². The van der Waals surface area contributed by atoms with Gasteiger partial charge in [0, 0.05) is 6.07 Å². The monoisotopic (exact) mass is 277 g/mol. The Morgan fingerprint density at radius 2 is 1.84 bits per heavy atom. The number of nitrogens with two attached hydrogens (primary N) is 1. The zero-order valence-electron chi connectivity index (χ0n) is 10.9. The molecule has 0 radical (unpaired) electrons. The van der Waals surface area contributed by atoms with Crippen LogP contribution in [0.4, 0.5) is 13.2 Å². The molecule has 0 saturated heterocycles. The fraction of sp³-hybridized carbons (Fsp3) is 0.538. The van der Waals surface area contributed by atoms with E-state index in [1.165, 1.54) is 12.1 Å². The molecule has 1 aromatic carbocycles. The Balaban J connectivity index is 2.87. The molecule has 2 atom stereocenters. The van der Waals surface area contributed by atoms with Gasteiger partial charge >= 0.3 is 6.18 Å². The molecule has 2 N–H and O–H groups in total. The third kappa shape index (κ3) is 4.63. The minimum atomic E-state index is -4.50. The first-order valence-corrected chi connectivity index (χ1v) is 6.10. The second kappa shape index (κ2) is 6.65. The molecule has 6 heteroatoms. The molecule has 0 amide bonds. The second-order valence-corrected chi connectivity index (χ2v) is 4.06. The summed E-state index contributed by atoms with van der Waals surface area (Å²) in [6, 6.07) is 4.99. The topological polar surface area (TPSA) is 44.5 Å². The summed E-state index contributed by atoms with van der Waals surface area (Å²) in [7, 11) is 0. The minimum Gasteiger partial charge on any atom is -0.494 e. The van der Waals surface area contributed by atoms with Crippen LogP contribution < -0.4 is 15.2 Å². The molecular weight excluding hydrogens is 259 g/mol. The van der Waals surface area contributed by atoms with Crippen LogP contribution in [0.5, 0.6) is 11.5 Å². The van der Waals surface area contributed by atoms with Crippen LogP contribution in [0.25, 0.3) is 0 Å². The Labute approximate surface area is 110 Å². The van der Waals surface area contributed by atoms with Gasteiger partial charge in [-0.05, 0) is 25.5 Å². The van der Waals surface area contributed by atoms with Crippen molar-refractivity contribution in [3.63, 3.8) is 0 Å². The molecule has 0 aliphatic rings. The molecule has 108 valence electrons. The molecule has 1 aromatic rings. The van der Waals surface area contributed by atoms with Crippen LogP contribution in [0.3, 0.4) is 0 Å². The highest BCUT2D eigenvalue weighted by Crippen LogP contribution is 2.29. The van der Waals surface area contributed by atoms with Crippen molar-refractivity contribution in [3.8, 4) is 11.5 Å². The molecule has 0 aromatic heterocycles. The Kier molecular flexibility index (Phi) is 5.47. The van der Waals surface area contributed by atoms with Crippen LogP contribution in [0.2, 0.25) is 0 Å². The SMILES string of the molecule is CCOc1cccc(OC(C(N)CC)C(F)(F)F)c1. The van der Waals surface area contributed by atoms with E-state index in [1.54, 1.807) is 26.0 Å². The van der Waals surface area contributed by atoms with Crippen LogP contribution in [-0.4, -0.2) is 24.9 Å². The number of hydrogen-bond acceptors (Lipinski definition) is 3. The van der Waals surface area contributed by atoms with Crippen molar-refractivity contribution >= 4 is 0 Å². The van der Waals surface area contributed by atoms with E-state index in [4.69, 9.17) is 15.2 Å². The maximum atomic E-state index is 12.9. The average molecular weight is 277 g/mol. The number of hydrogen-bond donors (Lipinski definition) is 1. The molecule has 0 heterocycles. The van der Waals surface area contributed by atoms with Crippen molar-refractivity contribution in [2.45, 2.75) is 38.6 Å². The third-order valence-corrected chi connectivity index (χ3v) is 2.56. The van der Waals surface area contributed by atoms with Gasteiger partial charge in [-0.3, -0.25) is 0 Å². The fourth-order valence-electron chi connectivity index (χ4n) is 1.56. The molecule has 3 nitrogen and oxygen atoms in total. The van der Waals surface area contributed by atoms with Gasteiger partial charge in [0.2, 0.25) is 6.10 Å². The van der Waals surface area contributed by atoms with E-state index in [0.29, 0.717) is 12.4 Å². The summed E-state index contributed by atoms with van der Waals surface area (Å²) in [5, 5.41) is 0. The van der Waals surface area contributed by atoms with Gasteiger partial charge in [-0.1, -0.05) is 13.0 Å². The van der Waals surface area contributed by atoms with Gasteiger partial charge < -0.3 is 15.2 Å². The maximum Gasteiger partial charge on any atom is 0.426 e. The van der Waals surface area contributed by atoms with E-state index in [1.807, 2.05) is 0 Å². The molecule has 0 spiro atoms.